The van der Waals surface area contributed by atoms with Crippen LogP contribution in [0, 0.1) is 5.92 Å². The minimum absolute atomic E-state index is 0.237. The predicted molar refractivity (Wildman–Crippen MR) is 75.2 cm³/mol. The number of hydrogen-bond acceptors (Lipinski definition) is 3. The molecule has 0 saturated carbocycles. The van der Waals surface area contributed by atoms with Crippen molar-refractivity contribution >= 4 is 0 Å². The maximum absolute atomic E-state index is 6.09. The second-order valence-corrected chi connectivity index (χ2v) is 6.32. The van der Waals surface area contributed by atoms with Crippen molar-refractivity contribution in [1.82, 2.24) is 9.80 Å². The fourth-order valence-electron chi connectivity index (χ4n) is 3.04. The first-order valence-electron chi connectivity index (χ1n) is 7.03. The van der Waals surface area contributed by atoms with E-state index in [-0.39, 0.29) is 5.54 Å². The van der Waals surface area contributed by atoms with Crippen LogP contribution in [0.25, 0.3) is 0 Å². The van der Waals surface area contributed by atoms with Crippen molar-refractivity contribution in [1.29, 1.82) is 0 Å². The van der Waals surface area contributed by atoms with Gasteiger partial charge in [-0.2, -0.15) is 0 Å². The third-order valence-electron chi connectivity index (χ3n) is 4.52. The number of hydrogen-bond donors (Lipinski definition) is 1. The zero-order valence-corrected chi connectivity index (χ0v) is 12.4. The zero-order chi connectivity index (χ0) is 13.1. The van der Waals surface area contributed by atoms with E-state index in [1.165, 1.54) is 32.4 Å². The number of rotatable bonds is 5. The quantitative estimate of drug-likeness (QED) is 0.796. The first kappa shape index (κ1) is 14.9. The Bertz CT molecular complexity index is 220. The summed E-state index contributed by atoms with van der Waals surface area (Å²) in [5.41, 5.74) is 6.33. The Morgan fingerprint density at radius 3 is 2.18 bits per heavy atom. The zero-order valence-electron chi connectivity index (χ0n) is 12.4. The molecule has 0 spiro atoms. The van der Waals surface area contributed by atoms with Gasteiger partial charge in [-0.25, -0.2) is 0 Å². The first-order valence-corrected chi connectivity index (χ1v) is 7.03. The van der Waals surface area contributed by atoms with E-state index in [4.69, 9.17) is 5.73 Å². The van der Waals surface area contributed by atoms with E-state index in [1.807, 2.05) is 0 Å². The Kier molecular flexibility index (Phi) is 5.42. The largest absolute Gasteiger partial charge is 0.329 e. The summed E-state index contributed by atoms with van der Waals surface area (Å²) in [7, 11) is 4.48. The molecule has 2 N–H and O–H groups in total. The van der Waals surface area contributed by atoms with Gasteiger partial charge in [0.1, 0.15) is 0 Å². The lowest BCUT2D eigenvalue weighted by atomic mass is 9.84. The monoisotopic (exact) mass is 241 g/mol. The van der Waals surface area contributed by atoms with Gasteiger partial charge in [0.05, 0.1) is 0 Å². The Hall–Kier alpha value is -0.120. The molecule has 1 saturated heterocycles. The van der Waals surface area contributed by atoms with Crippen LogP contribution in [0.2, 0.25) is 0 Å². The second-order valence-electron chi connectivity index (χ2n) is 6.32. The summed E-state index contributed by atoms with van der Waals surface area (Å²) in [6, 6.07) is 0.627. The molecule has 1 heterocycles. The summed E-state index contributed by atoms with van der Waals surface area (Å²) in [6.07, 6.45) is 3.67. The molecule has 0 amide bonds. The van der Waals surface area contributed by atoms with Crippen molar-refractivity contribution in [2.45, 2.75) is 51.6 Å². The van der Waals surface area contributed by atoms with Gasteiger partial charge in [-0.1, -0.05) is 13.8 Å². The summed E-state index contributed by atoms with van der Waals surface area (Å²) >= 11 is 0. The van der Waals surface area contributed by atoms with Gasteiger partial charge in [-0.05, 0) is 59.3 Å². The SMILES string of the molecule is CC(C)CC(C)N(C)C1(CN)CCN(C)CC1. The van der Waals surface area contributed by atoms with Crippen LogP contribution in [-0.2, 0) is 0 Å². The molecule has 17 heavy (non-hydrogen) atoms. The predicted octanol–water partition coefficient (Wildman–Crippen LogP) is 1.78. The molecule has 1 fully saturated rings. The number of nitrogens with zero attached hydrogens (tertiary/aromatic N) is 2. The van der Waals surface area contributed by atoms with Crippen molar-refractivity contribution in [2.24, 2.45) is 11.7 Å². The molecular formula is C14H31N3. The molecule has 0 aromatic heterocycles. The van der Waals surface area contributed by atoms with Crippen molar-refractivity contribution in [3.8, 4) is 0 Å². The number of likely N-dealkylation sites (N-methyl/N-ethyl adjacent to an activating group) is 1. The average Bonchev–Trinajstić information content (AvgIpc) is 2.29. The molecule has 1 unspecified atom stereocenters. The Morgan fingerprint density at radius 1 is 1.24 bits per heavy atom. The summed E-state index contributed by atoms with van der Waals surface area (Å²) in [4.78, 5) is 4.97. The van der Waals surface area contributed by atoms with Gasteiger partial charge in [-0.3, -0.25) is 4.90 Å². The van der Waals surface area contributed by atoms with E-state index in [2.05, 4.69) is 44.7 Å². The Labute approximate surface area is 107 Å². The molecule has 0 aliphatic carbocycles. The van der Waals surface area contributed by atoms with Crippen LogP contribution < -0.4 is 5.73 Å². The van der Waals surface area contributed by atoms with E-state index < -0.39 is 0 Å². The van der Waals surface area contributed by atoms with Crippen LogP contribution in [0.3, 0.4) is 0 Å². The normalized spacial score (nSPS) is 23.3. The van der Waals surface area contributed by atoms with Crippen LogP contribution >= 0.6 is 0 Å². The highest BCUT2D eigenvalue weighted by Crippen LogP contribution is 2.29. The van der Waals surface area contributed by atoms with Crippen molar-refractivity contribution < 1.29 is 0 Å². The van der Waals surface area contributed by atoms with Crippen LogP contribution in [-0.4, -0.2) is 55.1 Å². The summed E-state index contributed by atoms with van der Waals surface area (Å²) in [6.45, 7) is 10.1. The topological polar surface area (TPSA) is 32.5 Å². The lowest BCUT2D eigenvalue weighted by molar-refractivity contribution is 0.0220. The van der Waals surface area contributed by atoms with E-state index >= 15 is 0 Å². The number of piperidine rings is 1. The third-order valence-corrected chi connectivity index (χ3v) is 4.52. The lowest BCUT2D eigenvalue weighted by Crippen LogP contribution is -2.60. The summed E-state index contributed by atoms with van der Waals surface area (Å²) in [5.74, 6) is 0.758. The summed E-state index contributed by atoms with van der Waals surface area (Å²) in [5, 5.41) is 0. The molecule has 0 aromatic rings. The number of likely N-dealkylation sites (tertiary alicyclic amines) is 1. The van der Waals surface area contributed by atoms with E-state index in [0.29, 0.717) is 6.04 Å². The average molecular weight is 241 g/mol. The third kappa shape index (κ3) is 3.67. The van der Waals surface area contributed by atoms with Gasteiger partial charge in [0.2, 0.25) is 0 Å². The number of nitrogens with two attached hydrogens (primary N) is 1. The molecule has 0 aromatic carbocycles. The molecule has 1 aliphatic rings. The van der Waals surface area contributed by atoms with Gasteiger partial charge in [0, 0.05) is 18.1 Å². The summed E-state index contributed by atoms with van der Waals surface area (Å²) < 4.78 is 0. The molecule has 1 rings (SSSR count). The Balaban J connectivity index is 2.65. The smallest absolute Gasteiger partial charge is 0.0355 e. The van der Waals surface area contributed by atoms with Gasteiger partial charge in [0.25, 0.3) is 0 Å². The second kappa shape index (κ2) is 6.17. The molecule has 3 nitrogen and oxygen atoms in total. The van der Waals surface area contributed by atoms with Gasteiger partial charge in [0.15, 0.2) is 0 Å². The molecule has 102 valence electrons. The molecule has 0 radical (unpaired) electrons. The molecule has 1 aliphatic heterocycles. The van der Waals surface area contributed by atoms with Crippen LogP contribution in [0.4, 0.5) is 0 Å². The van der Waals surface area contributed by atoms with Gasteiger partial charge in [-0.15, -0.1) is 0 Å². The minimum atomic E-state index is 0.237. The minimum Gasteiger partial charge on any atom is -0.329 e. The molecular weight excluding hydrogens is 210 g/mol. The lowest BCUT2D eigenvalue weighted by Gasteiger charge is -2.49. The molecule has 3 heteroatoms. The Morgan fingerprint density at radius 2 is 1.76 bits per heavy atom. The van der Waals surface area contributed by atoms with E-state index in [1.54, 1.807) is 0 Å². The van der Waals surface area contributed by atoms with Gasteiger partial charge >= 0.3 is 0 Å². The van der Waals surface area contributed by atoms with Crippen molar-refractivity contribution in [2.75, 3.05) is 33.7 Å². The van der Waals surface area contributed by atoms with Crippen LogP contribution in [0.1, 0.15) is 40.0 Å². The van der Waals surface area contributed by atoms with E-state index in [0.717, 1.165) is 12.5 Å². The van der Waals surface area contributed by atoms with Gasteiger partial charge < -0.3 is 10.6 Å². The standard InChI is InChI=1S/C14H31N3/c1-12(2)10-13(3)17(5)14(11-15)6-8-16(4)9-7-14/h12-13H,6-11,15H2,1-5H3. The highest BCUT2D eigenvalue weighted by atomic mass is 15.2. The fraction of sp³-hybridized carbons (Fsp3) is 1.00. The highest BCUT2D eigenvalue weighted by Gasteiger charge is 2.38. The highest BCUT2D eigenvalue weighted by molar-refractivity contribution is 4.96. The fourth-order valence-corrected chi connectivity index (χ4v) is 3.04. The molecule has 1 atom stereocenters. The van der Waals surface area contributed by atoms with Crippen molar-refractivity contribution in [3.05, 3.63) is 0 Å². The van der Waals surface area contributed by atoms with Crippen LogP contribution in [0.5, 0.6) is 0 Å². The maximum atomic E-state index is 6.09. The first-order chi connectivity index (χ1) is 7.91. The van der Waals surface area contributed by atoms with Crippen molar-refractivity contribution in [3.63, 3.8) is 0 Å². The maximum Gasteiger partial charge on any atom is 0.0355 e. The van der Waals surface area contributed by atoms with Crippen LogP contribution in [0.15, 0.2) is 0 Å². The van der Waals surface area contributed by atoms with E-state index in [9.17, 15) is 0 Å². The molecule has 0 bridgehead atoms.